The van der Waals surface area contributed by atoms with E-state index in [1.807, 2.05) is 13.8 Å². The largest absolute Gasteiger partial charge is 0.478 e. The van der Waals surface area contributed by atoms with Crippen molar-refractivity contribution in [2.24, 2.45) is 0 Å². The van der Waals surface area contributed by atoms with Crippen LogP contribution >= 0.6 is 0 Å². The number of hydrogen-bond donors (Lipinski definition) is 1. The predicted octanol–water partition coefficient (Wildman–Crippen LogP) is 2.02. The van der Waals surface area contributed by atoms with Crippen LogP contribution in [0.5, 0.6) is 5.75 Å². The van der Waals surface area contributed by atoms with E-state index in [1.165, 1.54) is 6.07 Å². The van der Waals surface area contributed by atoms with Crippen LogP contribution in [0.15, 0.2) is 24.3 Å². The number of para-hydroxylation sites is 1. The number of aromatic carboxylic acids is 1. The van der Waals surface area contributed by atoms with Crippen molar-refractivity contribution in [1.82, 2.24) is 5.06 Å². The van der Waals surface area contributed by atoms with Gasteiger partial charge in [0.15, 0.2) is 5.75 Å². The van der Waals surface area contributed by atoms with Crippen molar-refractivity contribution in [1.29, 1.82) is 0 Å². The molecule has 0 amide bonds. The van der Waals surface area contributed by atoms with Gasteiger partial charge in [0.25, 0.3) is 0 Å². The van der Waals surface area contributed by atoms with Crippen molar-refractivity contribution in [3.8, 4) is 5.75 Å². The Kier molecular flexibility index (Phi) is 4.12. The van der Waals surface area contributed by atoms with E-state index in [0.29, 0.717) is 18.8 Å². The fourth-order valence-corrected chi connectivity index (χ4v) is 1.21. The molecule has 0 saturated carbocycles. The van der Waals surface area contributed by atoms with E-state index < -0.39 is 5.97 Å². The summed E-state index contributed by atoms with van der Waals surface area (Å²) in [5, 5.41) is 10.6. The average Bonchev–Trinajstić information content (AvgIpc) is 2.26. The zero-order valence-electron chi connectivity index (χ0n) is 8.93. The van der Waals surface area contributed by atoms with Crippen LogP contribution in [-0.4, -0.2) is 29.2 Å². The van der Waals surface area contributed by atoms with Gasteiger partial charge in [0.2, 0.25) is 0 Å². The van der Waals surface area contributed by atoms with Crippen molar-refractivity contribution in [2.45, 2.75) is 13.8 Å². The average molecular weight is 209 g/mol. The Labute approximate surface area is 89.0 Å². The first-order valence-corrected chi connectivity index (χ1v) is 4.94. The summed E-state index contributed by atoms with van der Waals surface area (Å²) in [6, 6.07) is 6.62. The Morgan fingerprint density at radius 1 is 1.33 bits per heavy atom. The normalized spacial score (nSPS) is 10.3. The van der Waals surface area contributed by atoms with Crippen molar-refractivity contribution in [2.75, 3.05) is 13.1 Å². The highest BCUT2D eigenvalue weighted by atomic mass is 16.7. The molecule has 0 spiro atoms. The number of carboxylic acid groups (broad SMARTS) is 1. The van der Waals surface area contributed by atoms with Gasteiger partial charge in [-0.25, -0.2) is 4.79 Å². The van der Waals surface area contributed by atoms with E-state index in [-0.39, 0.29) is 5.56 Å². The molecule has 4 nitrogen and oxygen atoms in total. The molecular weight excluding hydrogens is 194 g/mol. The third-order valence-corrected chi connectivity index (χ3v) is 2.05. The lowest BCUT2D eigenvalue weighted by atomic mass is 10.2. The van der Waals surface area contributed by atoms with Gasteiger partial charge < -0.3 is 9.94 Å². The molecule has 0 bridgehead atoms. The molecule has 82 valence electrons. The second-order valence-corrected chi connectivity index (χ2v) is 3.01. The van der Waals surface area contributed by atoms with Crippen LogP contribution in [0.4, 0.5) is 0 Å². The summed E-state index contributed by atoms with van der Waals surface area (Å²) in [5.41, 5.74) is 0.185. The monoisotopic (exact) mass is 209 g/mol. The van der Waals surface area contributed by atoms with Gasteiger partial charge in [-0.1, -0.05) is 12.1 Å². The number of nitrogens with zero attached hydrogens (tertiary/aromatic N) is 1. The summed E-state index contributed by atoms with van der Waals surface area (Å²) in [6.07, 6.45) is 0. The maximum absolute atomic E-state index is 10.9. The molecule has 0 atom stereocenters. The molecule has 1 N–H and O–H groups in total. The number of carbonyl (C=O) groups is 1. The molecule has 0 unspecified atom stereocenters. The molecule has 0 heterocycles. The second-order valence-electron chi connectivity index (χ2n) is 3.01. The Balaban J connectivity index is 2.88. The van der Waals surface area contributed by atoms with E-state index in [4.69, 9.17) is 9.94 Å². The van der Waals surface area contributed by atoms with Gasteiger partial charge in [0.05, 0.1) is 0 Å². The Hall–Kier alpha value is -1.55. The number of carboxylic acids is 1. The maximum Gasteiger partial charge on any atom is 0.339 e. The highest BCUT2D eigenvalue weighted by Crippen LogP contribution is 2.18. The first kappa shape index (κ1) is 11.5. The molecular formula is C11H15NO3. The number of hydrogen-bond acceptors (Lipinski definition) is 3. The zero-order valence-corrected chi connectivity index (χ0v) is 8.93. The third kappa shape index (κ3) is 2.95. The molecule has 0 radical (unpaired) electrons. The van der Waals surface area contributed by atoms with Crippen LogP contribution in [-0.2, 0) is 0 Å². The van der Waals surface area contributed by atoms with Gasteiger partial charge in [-0.15, -0.1) is 5.06 Å². The summed E-state index contributed by atoms with van der Waals surface area (Å²) in [7, 11) is 0. The number of rotatable bonds is 5. The molecule has 1 rings (SSSR count). The second kappa shape index (κ2) is 5.36. The minimum Gasteiger partial charge on any atom is -0.478 e. The molecule has 0 aliphatic rings. The maximum atomic E-state index is 10.9. The minimum atomic E-state index is -0.974. The summed E-state index contributed by atoms with van der Waals surface area (Å²) >= 11 is 0. The summed E-state index contributed by atoms with van der Waals surface area (Å²) in [6.45, 7) is 5.33. The van der Waals surface area contributed by atoms with Crippen molar-refractivity contribution in [3.63, 3.8) is 0 Å². The third-order valence-electron chi connectivity index (χ3n) is 2.05. The summed E-state index contributed by atoms with van der Waals surface area (Å²) in [5.74, 6) is -0.591. The highest BCUT2D eigenvalue weighted by molar-refractivity contribution is 5.90. The van der Waals surface area contributed by atoms with Crippen LogP contribution < -0.4 is 4.84 Å². The molecule has 0 aromatic heterocycles. The van der Waals surface area contributed by atoms with Crippen molar-refractivity contribution >= 4 is 5.97 Å². The Bertz CT molecular complexity index is 334. The van der Waals surface area contributed by atoms with E-state index >= 15 is 0 Å². The van der Waals surface area contributed by atoms with Gasteiger partial charge in [0.1, 0.15) is 5.56 Å². The van der Waals surface area contributed by atoms with Crippen LogP contribution in [0.1, 0.15) is 24.2 Å². The fraction of sp³-hybridized carbons (Fsp3) is 0.364. The standard InChI is InChI=1S/C11H15NO3/c1-3-12(4-2)15-10-8-6-5-7-9(10)11(13)14/h5-8H,3-4H2,1-2H3,(H,13,14). The smallest absolute Gasteiger partial charge is 0.339 e. The van der Waals surface area contributed by atoms with Crippen molar-refractivity contribution < 1.29 is 14.7 Å². The molecule has 15 heavy (non-hydrogen) atoms. The van der Waals surface area contributed by atoms with E-state index in [1.54, 1.807) is 23.3 Å². The SMILES string of the molecule is CCN(CC)Oc1ccccc1C(=O)O. The number of benzene rings is 1. The van der Waals surface area contributed by atoms with Crippen LogP contribution in [0.25, 0.3) is 0 Å². The minimum absolute atomic E-state index is 0.185. The summed E-state index contributed by atoms with van der Waals surface area (Å²) < 4.78 is 0. The first-order valence-electron chi connectivity index (χ1n) is 4.94. The van der Waals surface area contributed by atoms with Crippen LogP contribution in [0.2, 0.25) is 0 Å². The summed E-state index contributed by atoms with van der Waals surface area (Å²) in [4.78, 5) is 16.3. The van der Waals surface area contributed by atoms with Gasteiger partial charge in [-0.05, 0) is 26.0 Å². The molecule has 0 fully saturated rings. The number of hydroxylamine groups is 2. The lowest BCUT2D eigenvalue weighted by molar-refractivity contribution is -0.0494. The fourth-order valence-electron chi connectivity index (χ4n) is 1.21. The lowest BCUT2D eigenvalue weighted by Gasteiger charge is -2.19. The molecule has 0 aliphatic heterocycles. The topological polar surface area (TPSA) is 49.8 Å². The molecule has 1 aromatic carbocycles. The van der Waals surface area contributed by atoms with Crippen LogP contribution in [0.3, 0.4) is 0 Å². The van der Waals surface area contributed by atoms with E-state index in [2.05, 4.69) is 0 Å². The van der Waals surface area contributed by atoms with Crippen molar-refractivity contribution in [3.05, 3.63) is 29.8 Å². The Morgan fingerprint density at radius 2 is 1.93 bits per heavy atom. The lowest BCUT2D eigenvalue weighted by Crippen LogP contribution is -2.27. The molecule has 4 heteroatoms. The predicted molar refractivity (Wildman–Crippen MR) is 57.0 cm³/mol. The zero-order chi connectivity index (χ0) is 11.3. The molecule has 1 aromatic rings. The van der Waals surface area contributed by atoms with Gasteiger partial charge in [-0.3, -0.25) is 0 Å². The van der Waals surface area contributed by atoms with Gasteiger partial charge >= 0.3 is 5.97 Å². The molecule has 0 saturated heterocycles. The van der Waals surface area contributed by atoms with Gasteiger partial charge in [0, 0.05) is 13.1 Å². The highest BCUT2D eigenvalue weighted by Gasteiger charge is 2.12. The quantitative estimate of drug-likeness (QED) is 0.754. The van der Waals surface area contributed by atoms with Gasteiger partial charge in [-0.2, -0.15) is 0 Å². The Morgan fingerprint density at radius 3 is 2.47 bits per heavy atom. The van der Waals surface area contributed by atoms with E-state index in [9.17, 15) is 4.79 Å². The van der Waals surface area contributed by atoms with E-state index in [0.717, 1.165) is 0 Å². The van der Waals surface area contributed by atoms with Crippen LogP contribution in [0, 0.1) is 0 Å². The first-order chi connectivity index (χ1) is 7.19. The molecule has 0 aliphatic carbocycles.